The zero-order chi connectivity index (χ0) is 14.1. The lowest BCUT2D eigenvalue weighted by Crippen LogP contribution is -2.07. The standard InChI is InChI=1S/C4H10O3.C4H6O2.BH3O3/c5-1-3-7-4-2-6;1-3-4(5)6-2;2-1(3)4/h5-6H,1-4H2;3H,1H2,2H3;2-4H. The average molecular weight is 254 g/mol. The van der Waals surface area contributed by atoms with Crippen LogP contribution in [0.3, 0.4) is 0 Å². The first-order valence-corrected chi connectivity index (χ1v) is 4.50. The molecular weight excluding hydrogens is 235 g/mol. The Labute approximate surface area is 99.9 Å². The zero-order valence-corrected chi connectivity index (χ0v) is 9.65. The van der Waals surface area contributed by atoms with Gasteiger partial charge in [-0.3, -0.25) is 0 Å². The number of hydrogen-bond donors (Lipinski definition) is 5. The molecule has 0 heterocycles. The lowest BCUT2D eigenvalue weighted by Gasteiger charge is -1.94. The quantitative estimate of drug-likeness (QED) is 0.154. The van der Waals surface area contributed by atoms with Crippen molar-refractivity contribution in [1.29, 1.82) is 0 Å². The number of methoxy groups -OCH3 is 1. The molecule has 0 fully saturated rings. The topological polar surface area (TPSA) is 137 Å². The van der Waals surface area contributed by atoms with Crippen LogP contribution in [0.25, 0.3) is 0 Å². The zero-order valence-electron chi connectivity index (χ0n) is 9.65. The number of aliphatic hydroxyl groups excluding tert-OH is 2. The summed E-state index contributed by atoms with van der Waals surface area (Å²) < 4.78 is 8.77. The molecule has 0 aromatic rings. The van der Waals surface area contributed by atoms with Crippen LogP contribution in [-0.2, 0) is 14.3 Å². The molecule has 8 nitrogen and oxygen atoms in total. The highest BCUT2D eigenvalue weighted by atomic mass is 16.5. The molecule has 5 N–H and O–H groups in total. The van der Waals surface area contributed by atoms with Crippen LogP contribution in [0.5, 0.6) is 0 Å². The number of hydrogen-bond acceptors (Lipinski definition) is 8. The third-order valence-electron chi connectivity index (χ3n) is 0.839. The SMILES string of the molecule is C=CC(=O)OC.OB(O)O.OCCOCCO. The Bertz CT molecular complexity index is 157. The Hall–Kier alpha value is -0.965. The summed E-state index contributed by atoms with van der Waals surface area (Å²) in [5.41, 5.74) is 0. The second-order valence-corrected chi connectivity index (χ2v) is 2.13. The third-order valence-corrected chi connectivity index (χ3v) is 0.839. The highest BCUT2D eigenvalue weighted by Gasteiger charge is 1.92. The Balaban J connectivity index is -0.000000180. The molecular formula is C8H19BO8. The Morgan fingerprint density at radius 1 is 1.24 bits per heavy atom. The van der Waals surface area contributed by atoms with Crippen molar-refractivity contribution in [2.75, 3.05) is 33.5 Å². The molecule has 0 bridgehead atoms. The maximum atomic E-state index is 9.84. The van der Waals surface area contributed by atoms with E-state index in [0.717, 1.165) is 6.08 Å². The molecule has 17 heavy (non-hydrogen) atoms. The van der Waals surface area contributed by atoms with Gasteiger partial charge in [0.05, 0.1) is 33.5 Å². The van der Waals surface area contributed by atoms with Crippen LogP contribution < -0.4 is 0 Å². The minimum absolute atomic E-state index is 0.0278. The van der Waals surface area contributed by atoms with Gasteiger partial charge < -0.3 is 34.8 Å². The maximum absolute atomic E-state index is 9.84. The van der Waals surface area contributed by atoms with Gasteiger partial charge in [0.15, 0.2) is 0 Å². The normalized spacial score (nSPS) is 7.88. The first-order chi connectivity index (χ1) is 7.95. The van der Waals surface area contributed by atoms with E-state index >= 15 is 0 Å². The van der Waals surface area contributed by atoms with Crippen molar-refractivity contribution in [1.82, 2.24) is 0 Å². The van der Waals surface area contributed by atoms with Crippen LogP contribution in [-0.4, -0.2) is 72.1 Å². The smallest absolute Gasteiger partial charge is 0.466 e. The van der Waals surface area contributed by atoms with Gasteiger partial charge in [0, 0.05) is 6.08 Å². The van der Waals surface area contributed by atoms with Crippen LogP contribution in [0.4, 0.5) is 0 Å². The fraction of sp³-hybridized carbons (Fsp3) is 0.625. The molecule has 9 heteroatoms. The fourth-order valence-electron chi connectivity index (χ4n) is 0.314. The molecule has 0 aromatic heterocycles. The summed E-state index contributed by atoms with van der Waals surface area (Å²) >= 11 is 0. The molecule has 0 rings (SSSR count). The van der Waals surface area contributed by atoms with Gasteiger partial charge in [-0.05, 0) is 0 Å². The maximum Gasteiger partial charge on any atom is 0.631 e. The van der Waals surface area contributed by atoms with Gasteiger partial charge in [0.25, 0.3) is 0 Å². The molecule has 0 aromatic carbocycles. The van der Waals surface area contributed by atoms with Crippen LogP contribution in [0.1, 0.15) is 0 Å². The predicted octanol–water partition coefficient (Wildman–Crippen LogP) is -2.72. The van der Waals surface area contributed by atoms with E-state index in [9.17, 15) is 4.79 Å². The molecule has 102 valence electrons. The van der Waals surface area contributed by atoms with Crippen LogP contribution in [0.15, 0.2) is 12.7 Å². The van der Waals surface area contributed by atoms with Gasteiger partial charge in [-0.25, -0.2) is 4.79 Å². The van der Waals surface area contributed by atoms with Crippen molar-refractivity contribution in [3.8, 4) is 0 Å². The van der Waals surface area contributed by atoms with Crippen LogP contribution >= 0.6 is 0 Å². The first kappa shape index (κ1) is 21.3. The summed E-state index contributed by atoms with van der Waals surface area (Å²) in [6.07, 6.45) is 1.11. The van der Waals surface area contributed by atoms with E-state index < -0.39 is 13.3 Å². The number of ether oxygens (including phenoxy) is 2. The largest absolute Gasteiger partial charge is 0.631 e. The Morgan fingerprint density at radius 2 is 1.59 bits per heavy atom. The third kappa shape index (κ3) is 51.6. The minimum Gasteiger partial charge on any atom is -0.466 e. The number of rotatable bonds is 5. The van der Waals surface area contributed by atoms with Gasteiger partial charge in [-0.2, -0.15) is 0 Å². The van der Waals surface area contributed by atoms with Crippen LogP contribution in [0, 0.1) is 0 Å². The van der Waals surface area contributed by atoms with Gasteiger partial charge in [-0.15, -0.1) is 0 Å². The lowest BCUT2D eigenvalue weighted by molar-refractivity contribution is -0.134. The number of esters is 1. The summed E-state index contributed by atoms with van der Waals surface area (Å²) in [6, 6.07) is 0. The van der Waals surface area contributed by atoms with E-state index in [1.807, 2.05) is 0 Å². The van der Waals surface area contributed by atoms with E-state index in [1.165, 1.54) is 7.11 Å². The van der Waals surface area contributed by atoms with Crippen molar-refractivity contribution in [2.45, 2.75) is 0 Å². The van der Waals surface area contributed by atoms with Crippen molar-refractivity contribution >= 4 is 13.3 Å². The molecule has 0 radical (unpaired) electrons. The number of carbonyl (C=O) groups excluding carboxylic acids is 1. The van der Waals surface area contributed by atoms with Gasteiger partial charge in [-0.1, -0.05) is 6.58 Å². The first-order valence-electron chi connectivity index (χ1n) is 4.50. The van der Waals surface area contributed by atoms with Gasteiger partial charge in [0.2, 0.25) is 0 Å². The predicted molar refractivity (Wildman–Crippen MR) is 59.6 cm³/mol. The van der Waals surface area contributed by atoms with Crippen LogP contribution in [0.2, 0.25) is 0 Å². The molecule has 0 saturated carbocycles. The molecule has 0 unspecified atom stereocenters. The average Bonchev–Trinajstić information content (AvgIpc) is 2.29. The van der Waals surface area contributed by atoms with Crippen molar-refractivity contribution < 1.29 is 39.6 Å². The van der Waals surface area contributed by atoms with E-state index in [2.05, 4.69) is 16.1 Å². The van der Waals surface area contributed by atoms with E-state index in [4.69, 9.17) is 25.3 Å². The van der Waals surface area contributed by atoms with Crippen molar-refractivity contribution in [3.05, 3.63) is 12.7 Å². The second-order valence-electron chi connectivity index (χ2n) is 2.13. The monoisotopic (exact) mass is 254 g/mol. The molecule has 0 spiro atoms. The summed E-state index contributed by atoms with van der Waals surface area (Å²) in [5, 5.41) is 37.7. The number of carbonyl (C=O) groups is 1. The fourth-order valence-corrected chi connectivity index (χ4v) is 0.314. The molecule has 0 amide bonds. The van der Waals surface area contributed by atoms with Gasteiger partial charge in [0.1, 0.15) is 0 Å². The molecule has 0 atom stereocenters. The highest BCUT2D eigenvalue weighted by Crippen LogP contribution is 1.68. The molecule has 0 saturated heterocycles. The second kappa shape index (κ2) is 20.4. The number of aliphatic hydroxyl groups is 2. The van der Waals surface area contributed by atoms with E-state index in [1.54, 1.807) is 0 Å². The Morgan fingerprint density at radius 3 is 1.71 bits per heavy atom. The van der Waals surface area contributed by atoms with Crippen molar-refractivity contribution in [3.63, 3.8) is 0 Å². The van der Waals surface area contributed by atoms with Gasteiger partial charge >= 0.3 is 13.3 Å². The lowest BCUT2D eigenvalue weighted by atomic mass is 10.3. The van der Waals surface area contributed by atoms with E-state index in [-0.39, 0.29) is 13.2 Å². The van der Waals surface area contributed by atoms with Crippen molar-refractivity contribution in [2.24, 2.45) is 0 Å². The molecule has 0 aliphatic heterocycles. The summed E-state index contributed by atoms with van der Waals surface area (Å²) in [7, 11) is -0.857. The minimum atomic E-state index is -2.17. The Kier molecular flexibility index (Phi) is 25.7. The molecule has 0 aliphatic rings. The molecule has 0 aliphatic carbocycles. The summed E-state index contributed by atoms with van der Waals surface area (Å²) in [5.74, 6) is -0.394. The van der Waals surface area contributed by atoms with E-state index in [0.29, 0.717) is 13.2 Å². The summed E-state index contributed by atoms with van der Waals surface area (Å²) in [4.78, 5) is 9.84. The highest BCUT2D eigenvalue weighted by molar-refractivity contribution is 6.30. The summed E-state index contributed by atoms with van der Waals surface area (Å²) in [6.45, 7) is 3.85.